The Morgan fingerprint density at radius 1 is 1.07 bits per heavy atom. The lowest BCUT2D eigenvalue weighted by Gasteiger charge is -2.57. The third-order valence-electron chi connectivity index (χ3n) is 7.48. The number of hydrogen-bond acceptors (Lipinski definition) is 3. The standard InChI is InChI=1S/C25H28BrNO2/c1-15-3-4-20(25-11-16-5-17(12-25)7-18(6-16)13-25)10-22(15)27-14-19-8-21(26)24(28)23(9-19)29-2/h3-4,8-10,14,16-18,28H,5-7,11-13H2,1-2H3. The minimum absolute atomic E-state index is 0.115. The third-order valence-corrected chi connectivity index (χ3v) is 8.09. The van der Waals surface area contributed by atoms with Crippen LogP contribution in [0, 0.1) is 24.7 Å². The Morgan fingerprint density at radius 2 is 1.72 bits per heavy atom. The van der Waals surface area contributed by atoms with Gasteiger partial charge in [0.05, 0.1) is 17.3 Å². The molecule has 4 heteroatoms. The summed E-state index contributed by atoms with van der Waals surface area (Å²) in [7, 11) is 1.56. The van der Waals surface area contributed by atoms with E-state index in [4.69, 9.17) is 9.73 Å². The monoisotopic (exact) mass is 453 g/mol. The zero-order chi connectivity index (χ0) is 20.2. The Morgan fingerprint density at radius 3 is 2.34 bits per heavy atom. The first kappa shape index (κ1) is 19.2. The molecule has 6 rings (SSSR count). The van der Waals surface area contributed by atoms with E-state index in [1.165, 1.54) is 49.7 Å². The molecule has 3 nitrogen and oxygen atoms in total. The number of methoxy groups -OCH3 is 1. The van der Waals surface area contributed by atoms with Gasteiger partial charge < -0.3 is 9.84 Å². The highest BCUT2D eigenvalue weighted by molar-refractivity contribution is 9.10. The lowest BCUT2D eigenvalue weighted by atomic mass is 9.48. The SMILES string of the molecule is COc1cc(C=Nc2cc(C34CC5CC(CC(C5)C3)C4)ccc2C)cc(Br)c1O. The van der Waals surface area contributed by atoms with Gasteiger partial charge in [-0.25, -0.2) is 0 Å². The van der Waals surface area contributed by atoms with Gasteiger partial charge in [-0.15, -0.1) is 0 Å². The van der Waals surface area contributed by atoms with Crippen LogP contribution in [-0.2, 0) is 5.41 Å². The largest absolute Gasteiger partial charge is 0.503 e. The highest BCUT2D eigenvalue weighted by atomic mass is 79.9. The minimum atomic E-state index is 0.115. The summed E-state index contributed by atoms with van der Waals surface area (Å²) in [6, 6.07) is 10.6. The lowest BCUT2D eigenvalue weighted by Crippen LogP contribution is -2.48. The van der Waals surface area contributed by atoms with Crippen molar-refractivity contribution in [3.63, 3.8) is 0 Å². The maximum atomic E-state index is 10.0. The van der Waals surface area contributed by atoms with E-state index in [-0.39, 0.29) is 5.75 Å². The zero-order valence-corrected chi connectivity index (χ0v) is 18.7. The number of benzene rings is 2. The van der Waals surface area contributed by atoms with Gasteiger partial charge in [0.1, 0.15) is 0 Å². The number of phenolic OH excluding ortho intramolecular Hbond substituents is 1. The first-order valence-corrected chi connectivity index (χ1v) is 11.5. The van der Waals surface area contributed by atoms with Gasteiger partial charge in [0.2, 0.25) is 0 Å². The van der Waals surface area contributed by atoms with E-state index in [0.29, 0.717) is 15.6 Å². The topological polar surface area (TPSA) is 41.8 Å². The quantitative estimate of drug-likeness (QED) is 0.523. The van der Waals surface area contributed by atoms with Gasteiger partial charge in [-0.3, -0.25) is 4.99 Å². The molecule has 29 heavy (non-hydrogen) atoms. The van der Waals surface area contributed by atoms with Gasteiger partial charge >= 0.3 is 0 Å². The van der Waals surface area contributed by atoms with Crippen LogP contribution >= 0.6 is 15.9 Å². The molecular formula is C25H28BrNO2. The van der Waals surface area contributed by atoms with Crippen LogP contribution in [0.15, 0.2) is 39.8 Å². The van der Waals surface area contributed by atoms with Gasteiger partial charge in [0.15, 0.2) is 11.5 Å². The summed E-state index contributed by atoms with van der Waals surface area (Å²) in [6.45, 7) is 2.13. The molecule has 4 aliphatic rings. The predicted molar refractivity (Wildman–Crippen MR) is 121 cm³/mol. The number of ether oxygens (including phenoxy) is 1. The molecule has 0 aromatic heterocycles. The van der Waals surface area contributed by atoms with Crippen LogP contribution in [0.4, 0.5) is 5.69 Å². The molecule has 0 unspecified atom stereocenters. The Bertz CT molecular complexity index is 946. The molecule has 1 N–H and O–H groups in total. The summed E-state index contributed by atoms with van der Waals surface area (Å²) in [6.07, 6.45) is 10.4. The number of aromatic hydroxyl groups is 1. The molecule has 2 aromatic carbocycles. The second-order valence-electron chi connectivity index (χ2n) is 9.51. The van der Waals surface area contributed by atoms with Crippen molar-refractivity contribution in [1.29, 1.82) is 0 Å². The third kappa shape index (κ3) is 3.39. The van der Waals surface area contributed by atoms with Gasteiger partial charge in [0, 0.05) is 6.21 Å². The Hall–Kier alpha value is -1.81. The Kier molecular flexibility index (Phi) is 4.73. The van der Waals surface area contributed by atoms with Crippen molar-refractivity contribution in [3.8, 4) is 11.5 Å². The maximum absolute atomic E-state index is 10.0. The summed E-state index contributed by atoms with van der Waals surface area (Å²) in [5.74, 6) is 3.38. The molecule has 4 saturated carbocycles. The van der Waals surface area contributed by atoms with Crippen LogP contribution in [0.3, 0.4) is 0 Å². The van der Waals surface area contributed by atoms with E-state index in [1.54, 1.807) is 7.11 Å². The molecule has 0 radical (unpaired) electrons. The molecule has 4 bridgehead atoms. The number of rotatable bonds is 4. The second-order valence-corrected chi connectivity index (χ2v) is 10.4. The maximum Gasteiger partial charge on any atom is 0.172 e. The fourth-order valence-corrected chi connectivity index (χ4v) is 6.97. The molecule has 0 amide bonds. The fourth-order valence-electron chi connectivity index (χ4n) is 6.51. The summed E-state index contributed by atoms with van der Waals surface area (Å²) in [5.41, 5.74) is 5.02. The number of phenols is 1. The molecule has 0 aliphatic heterocycles. The van der Waals surface area contributed by atoms with Crippen LogP contribution < -0.4 is 4.74 Å². The summed E-state index contributed by atoms with van der Waals surface area (Å²) in [4.78, 5) is 4.83. The smallest absolute Gasteiger partial charge is 0.172 e. The van der Waals surface area contributed by atoms with Gasteiger partial charge in [0.25, 0.3) is 0 Å². The molecule has 0 saturated heterocycles. The molecule has 0 atom stereocenters. The average Bonchev–Trinajstić information content (AvgIpc) is 2.68. The first-order chi connectivity index (χ1) is 14.0. The molecule has 0 heterocycles. The summed E-state index contributed by atoms with van der Waals surface area (Å²) >= 11 is 3.39. The van der Waals surface area contributed by atoms with Crippen molar-refractivity contribution in [2.45, 2.75) is 50.9 Å². The fraction of sp³-hybridized carbons (Fsp3) is 0.480. The Labute approximate surface area is 181 Å². The number of aliphatic imine (C=N–C) groups is 1. The Balaban J connectivity index is 1.47. The molecule has 2 aromatic rings. The first-order valence-electron chi connectivity index (χ1n) is 10.7. The van der Waals surface area contributed by atoms with E-state index in [1.807, 2.05) is 18.3 Å². The average molecular weight is 454 g/mol. The normalized spacial score (nSPS) is 30.2. The highest BCUT2D eigenvalue weighted by Crippen LogP contribution is 2.61. The molecule has 4 aliphatic carbocycles. The van der Waals surface area contributed by atoms with Crippen molar-refractivity contribution in [2.75, 3.05) is 7.11 Å². The molecule has 4 fully saturated rings. The number of halogens is 1. The zero-order valence-electron chi connectivity index (χ0n) is 17.1. The van der Waals surface area contributed by atoms with Crippen molar-refractivity contribution in [1.82, 2.24) is 0 Å². The van der Waals surface area contributed by atoms with E-state index < -0.39 is 0 Å². The number of hydrogen-bond donors (Lipinski definition) is 1. The predicted octanol–water partition coefficient (Wildman–Crippen LogP) is 6.69. The van der Waals surface area contributed by atoms with Gasteiger partial charge in [-0.05, 0) is 119 Å². The molecule has 0 spiro atoms. The van der Waals surface area contributed by atoms with Crippen LogP contribution in [0.5, 0.6) is 11.5 Å². The van der Waals surface area contributed by atoms with E-state index in [9.17, 15) is 5.11 Å². The number of nitrogens with zero attached hydrogens (tertiary/aromatic N) is 1. The van der Waals surface area contributed by atoms with Gasteiger partial charge in [-0.1, -0.05) is 12.1 Å². The highest BCUT2D eigenvalue weighted by Gasteiger charge is 2.51. The van der Waals surface area contributed by atoms with E-state index >= 15 is 0 Å². The van der Waals surface area contributed by atoms with E-state index in [0.717, 1.165) is 29.0 Å². The van der Waals surface area contributed by atoms with Crippen molar-refractivity contribution in [3.05, 3.63) is 51.5 Å². The summed E-state index contributed by atoms with van der Waals surface area (Å²) < 4.78 is 5.87. The van der Waals surface area contributed by atoms with Crippen LogP contribution in [-0.4, -0.2) is 18.4 Å². The van der Waals surface area contributed by atoms with Crippen molar-refractivity contribution < 1.29 is 9.84 Å². The van der Waals surface area contributed by atoms with Crippen molar-refractivity contribution >= 4 is 27.8 Å². The second kappa shape index (κ2) is 7.16. The van der Waals surface area contributed by atoms with Gasteiger partial charge in [-0.2, -0.15) is 0 Å². The lowest BCUT2D eigenvalue weighted by molar-refractivity contribution is -0.00517. The summed E-state index contributed by atoms with van der Waals surface area (Å²) in [5, 5.41) is 10.0. The minimum Gasteiger partial charge on any atom is -0.503 e. The van der Waals surface area contributed by atoms with Crippen LogP contribution in [0.1, 0.15) is 55.2 Å². The van der Waals surface area contributed by atoms with Crippen molar-refractivity contribution in [2.24, 2.45) is 22.7 Å². The molecular weight excluding hydrogens is 426 g/mol. The number of aryl methyl sites for hydroxylation is 1. The van der Waals surface area contributed by atoms with E-state index in [2.05, 4.69) is 41.1 Å². The van der Waals surface area contributed by atoms with Crippen LogP contribution in [0.2, 0.25) is 0 Å². The van der Waals surface area contributed by atoms with Crippen LogP contribution in [0.25, 0.3) is 0 Å². The molecule has 152 valence electrons.